The molecule has 1 fully saturated rings. The molecule has 0 aromatic heterocycles. The SMILES string of the molecule is Cc1cc(Br)cc(CN)c1OCC1CCOC1. The Balaban J connectivity index is 2.08. The van der Waals surface area contributed by atoms with E-state index in [0.29, 0.717) is 12.5 Å². The van der Waals surface area contributed by atoms with E-state index in [0.717, 1.165) is 47.6 Å². The zero-order valence-corrected chi connectivity index (χ0v) is 11.6. The third-order valence-corrected chi connectivity index (χ3v) is 3.48. The van der Waals surface area contributed by atoms with Crippen LogP contribution in [-0.2, 0) is 11.3 Å². The molecule has 0 spiro atoms. The summed E-state index contributed by atoms with van der Waals surface area (Å²) in [5, 5.41) is 0. The van der Waals surface area contributed by atoms with Crippen molar-refractivity contribution in [2.75, 3.05) is 19.8 Å². The molecule has 1 atom stereocenters. The van der Waals surface area contributed by atoms with E-state index in [1.165, 1.54) is 0 Å². The Hall–Kier alpha value is -0.580. The van der Waals surface area contributed by atoms with Crippen molar-refractivity contribution in [3.63, 3.8) is 0 Å². The molecule has 1 aromatic rings. The summed E-state index contributed by atoms with van der Waals surface area (Å²) in [5.41, 5.74) is 7.92. The summed E-state index contributed by atoms with van der Waals surface area (Å²) in [4.78, 5) is 0. The van der Waals surface area contributed by atoms with Crippen LogP contribution in [0.1, 0.15) is 17.5 Å². The summed E-state index contributed by atoms with van der Waals surface area (Å²) in [7, 11) is 0. The lowest BCUT2D eigenvalue weighted by Crippen LogP contribution is -2.14. The molecule has 1 aliphatic heterocycles. The molecule has 3 nitrogen and oxygen atoms in total. The first-order valence-corrected chi connectivity index (χ1v) is 6.69. The Morgan fingerprint density at radius 2 is 2.35 bits per heavy atom. The number of hydrogen-bond acceptors (Lipinski definition) is 3. The van der Waals surface area contributed by atoms with Crippen molar-refractivity contribution in [2.45, 2.75) is 19.9 Å². The molecule has 2 rings (SSSR count). The van der Waals surface area contributed by atoms with E-state index < -0.39 is 0 Å². The van der Waals surface area contributed by atoms with E-state index in [1.54, 1.807) is 0 Å². The lowest BCUT2D eigenvalue weighted by molar-refractivity contribution is 0.166. The monoisotopic (exact) mass is 299 g/mol. The molecule has 1 heterocycles. The molecule has 1 saturated heterocycles. The zero-order chi connectivity index (χ0) is 12.3. The lowest BCUT2D eigenvalue weighted by atomic mass is 10.1. The fraction of sp³-hybridized carbons (Fsp3) is 0.538. The van der Waals surface area contributed by atoms with E-state index in [2.05, 4.69) is 22.0 Å². The van der Waals surface area contributed by atoms with Gasteiger partial charge in [0.15, 0.2) is 0 Å². The van der Waals surface area contributed by atoms with Gasteiger partial charge in [0.05, 0.1) is 13.2 Å². The molecule has 17 heavy (non-hydrogen) atoms. The van der Waals surface area contributed by atoms with Crippen molar-refractivity contribution in [3.05, 3.63) is 27.7 Å². The summed E-state index contributed by atoms with van der Waals surface area (Å²) in [6, 6.07) is 4.08. The predicted molar refractivity (Wildman–Crippen MR) is 71.2 cm³/mol. The standard InChI is InChI=1S/C13H18BrNO2/c1-9-4-12(14)5-11(6-15)13(9)17-8-10-2-3-16-7-10/h4-5,10H,2-3,6-8,15H2,1H3. The summed E-state index contributed by atoms with van der Waals surface area (Å²) < 4.78 is 12.3. The Bertz CT molecular complexity index is 389. The van der Waals surface area contributed by atoms with Crippen LogP contribution in [0.5, 0.6) is 5.75 Å². The molecule has 0 amide bonds. The molecule has 1 aromatic carbocycles. The minimum absolute atomic E-state index is 0.497. The zero-order valence-electron chi connectivity index (χ0n) is 10.0. The fourth-order valence-corrected chi connectivity index (χ4v) is 2.69. The van der Waals surface area contributed by atoms with Crippen molar-refractivity contribution < 1.29 is 9.47 Å². The smallest absolute Gasteiger partial charge is 0.126 e. The van der Waals surface area contributed by atoms with Gasteiger partial charge in [-0.05, 0) is 31.0 Å². The van der Waals surface area contributed by atoms with Crippen molar-refractivity contribution >= 4 is 15.9 Å². The first-order valence-electron chi connectivity index (χ1n) is 5.90. The third kappa shape index (κ3) is 3.21. The number of halogens is 1. The summed E-state index contributed by atoms with van der Waals surface area (Å²) in [6.45, 7) is 4.93. The van der Waals surface area contributed by atoms with E-state index >= 15 is 0 Å². The highest BCUT2D eigenvalue weighted by Gasteiger charge is 2.17. The van der Waals surface area contributed by atoms with Crippen LogP contribution in [0.15, 0.2) is 16.6 Å². The first-order chi connectivity index (χ1) is 8.20. The summed E-state index contributed by atoms with van der Waals surface area (Å²) in [5.74, 6) is 1.45. The molecule has 0 bridgehead atoms. The Kier molecular flexibility index (Phi) is 4.42. The van der Waals surface area contributed by atoms with Crippen molar-refractivity contribution in [1.29, 1.82) is 0 Å². The molecule has 94 valence electrons. The van der Waals surface area contributed by atoms with Gasteiger partial charge in [0, 0.05) is 29.1 Å². The second-order valence-corrected chi connectivity index (χ2v) is 5.37. The van der Waals surface area contributed by atoms with Crippen molar-refractivity contribution in [1.82, 2.24) is 0 Å². The maximum atomic E-state index is 5.92. The second kappa shape index (κ2) is 5.85. The molecule has 4 heteroatoms. The summed E-state index contributed by atoms with van der Waals surface area (Å²) in [6.07, 6.45) is 1.09. The molecular formula is C13H18BrNO2. The van der Waals surface area contributed by atoms with Crippen LogP contribution < -0.4 is 10.5 Å². The van der Waals surface area contributed by atoms with Crippen molar-refractivity contribution in [3.8, 4) is 5.75 Å². The normalized spacial score (nSPS) is 19.6. The van der Waals surface area contributed by atoms with Gasteiger partial charge in [0.1, 0.15) is 5.75 Å². The van der Waals surface area contributed by atoms with Crippen LogP contribution in [-0.4, -0.2) is 19.8 Å². The molecule has 1 unspecified atom stereocenters. The van der Waals surface area contributed by atoms with E-state index in [1.807, 2.05) is 13.0 Å². The maximum absolute atomic E-state index is 5.92. The highest BCUT2D eigenvalue weighted by molar-refractivity contribution is 9.10. The minimum Gasteiger partial charge on any atom is -0.493 e. The largest absolute Gasteiger partial charge is 0.493 e. The molecule has 0 radical (unpaired) electrons. The number of hydrogen-bond donors (Lipinski definition) is 1. The Morgan fingerprint density at radius 3 is 3.00 bits per heavy atom. The molecular weight excluding hydrogens is 282 g/mol. The van der Waals surface area contributed by atoms with E-state index in [4.69, 9.17) is 15.2 Å². The molecule has 1 aliphatic rings. The molecule has 0 saturated carbocycles. The van der Waals surface area contributed by atoms with Crippen molar-refractivity contribution in [2.24, 2.45) is 11.7 Å². The Morgan fingerprint density at radius 1 is 1.53 bits per heavy atom. The van der Waals surface area contributed by atoms with Crippen LogP contribution in [0.25, 0.3) is 0 Å². The van der Waals surface area contributed by atoms with Gasteiger partial charge < -0.3 is 15.2 Å². The van der Waals surface area contributed by atoms with Gasteiger partial charge in [-0.25, -0.2) is 0 Å². The number of benzene rings is 1. The lowest BCUT2D eigenvalue weighted by Gasteiger charge is -2.16. The van der Waals surface area contributed by atoms with E-state index in [-0.39, 0.29) is 0 Å². The third-order valence-electron chi connectivity index (χ3n) is 3.02. The maximum Gasteiger partial charge on any atom is 0.126 e. The van der Waals surface area contributed by atoms with Gasteiger partial charge in [0.25, 0.3) is 0 Å². The number of nitrogens with two attached hydrogens (primary N) is 1. The van der Waals surface area contributed by atoms with Gasteiger partial charge in [-0.2, -0.15) is 0 Å². The minimum atomic E-state index is 0.497. The average Bonchev–Trinajstić information content (AvgIpc) is 2.79. The van der Waals surface area contributed by atoms with Crippen LogP contribution in [0.4, 0.5) is 0 Å². The van der Waals surface area contributed by atoms with Gasteiger partial charge in [-0.15, -0.1) is 0 Å². The van der Waals surface area contributed by atoms with Crippen LogP contribution in [0, 0.1) is 12.8 Å². The van der Waals surface area contributed by atoms with Gasteiger partial charge in [0.2, 0.25) is 0 Å². The first kappa shape index (κ1) is 12.9. The predicted octanol–water partition coefficient (Wildman–Crippen LogP) is 2.63. The van der Waals surface area contributed by atoms with Crippen LogP contribution in [0.3, 0.4) is 0 Å². The van der Waals surface area contributed by atoms with Crippen LogP contribution in [0.2, 0.25) is 0 Å². The number of ether oxygens (including phenoxy) is 2. The highest BCUT2D eigenvalue weighted by Crippen LogP contribution is 2.28. The fourth-order valence-electron chi connectivity index (χ4n) is 2.07. The summed E-state index contributed by atoms with van der Waals surface area (Å²) >= 11 is 3.47. The highest BCUT2D eigenvalue weighted by atomic mass is 79.9. The quantitative estimate of drug-likeness (QED) is 0.929. The average molecular weight is 300 g/mol. The van der Waals surface area contributed by atoms with Gasteiger partial charge >= 0.3 is 0 Å². The van der Waals surface area contributed by atoms with Gasteiger partial charge in [-0.1, -0.05) is 15.9 Å². The molecule has 0 aliphatic carbocycles. The number of rotatable bonds is 4. The second-order valence-electron chi connectivity index (χ2n) is 4.46. The van der Waals surface area contributed by atoms with E-state index in [9.17, 15) is 0 Å². The Labute approximate surface area is 110 Å². The topological polar surface area (TPSA) is 44.5 Å². The number of aryl methyl sites for hydroxylation is 1. The van der Waals surface area contributed by atoms with Crippen LogP contribution >= 0.6 is 15.9 Å². The molecule has 2 N–H and O–H groups in total. The van der Waals surface area contributed by atoms with Gasteiger partial charge in [-0.3, -0.25) is 0 Å².